The average molecular weight is 527 g/mol. The maximum Gasteiger partial charge on any atom is 0.304 e. The molecule has 35 heavy (non-hydrogen) atoms. The van der Waals surface area contributed by atoms with E-state index >= 15 is 0 Å². The Morgan fingerprint density at radius 3 is 2.26 bits per heavy atom. The van der Waals surface area contributed by atoms with Crippen molar-refractivity contribution in [3.63, 3.8) is 0 Å². The third kappa shape index (κ3) is 7.16. The largest absolute Gasteiger partial charge is 0.354 e. The molecule has 8 nitrogen and oxygen atoms in total. The van der Waals surface area contributed by atoms with Gasteiger partial charge in [0.05, 0.1) is 5.69 Å². The first-order valence-corrected chi connectivity index (χ1v) is 13.1. The highest BCUT2D eigenvalue weighted by molar-refractivity contribution is 7.90. The molecule has 1 atom stereocenters. The highest BCUT2D eigenvalue weighted by Gasteiger charge is 2.34. The molecule has 0 saturated heterocycles. The Hall–Kier alpha value is -2.69. The second kappa shape index (κ2) is 12.9. The van der Waals surface area contributed by atoms with Crippen LogP contribution in [-0.4, -0.2) is 62.7 Å². The monoisotopic (exact) mass is 526 g/mol. The lowest BCUT2D eigenvalue weighted by atomic mass is 10.1. The number of carbonyl (C=O) groups excluding carboxylic acids is 2. The van der Waals surface area contributed by atoms with Crippen LogP contribution in [0.4, 0.5) is 10.1 Å². The summed E-state index contributed by atoms with van der Waals surface area (Å²) in [6, 6.07) is 11.3. The minimum atomic E-state index is -4.24. The normalized spacial score (nSPS) is 12.3. The summed E-state index contributed by atoms with van der Waals surface area (Å²) in [5, 5.41) is 3.20. The van der Waals surface area contributed by atoms with Crippen LogP contribution >= 0.6 is 11.6 Å². The van der Waals surface area contributed by atoms with Gasteiger partial charge in [0.25, 0.3) is 0 Å². The number of hydrogen-bond acceptors (Lipinski definition) is 4. The molecule has 0 heterocycles. The SMILES string of the molecule is CCCNC(=O)[C@@H](CC)N(Cc1ccccc1Cl)C(=O)CN(c1ccccc1F)S(=O)(=O)N(C)C. The Bertz CT molecular complexity index is 1130. The summed E-state index contributed by atoms with van der Waals surface area (Å²) in [4.78, 5) is 27.9. The predicted octanol–water partition coefficient (Wildman–Crippen LogP) is 3.43. The van der Waals surface area contributed by atoms with Crippen molar-refractivity contribution in [1.82, 2.24) is 14.5 Å². The van der Waals surface area contributed by atoms with Gasteiger partial charge < -0.3 is 10.2 Å². The summed E-state index contributed by atoms with van der Waals surface area (Å²) < 4.78 is 42.4. The van der Waals surface area contributed by atoms with Crippen LogP contribution in [-0.2, 0) is 26.3 Å². The van der Waals surface area contributed by atoms with Gasteiger partial charge >= 0.3 is 10.2 Å². The summed E-state index contributed by atoms with van der Waals surface area (Å²) in [7, 11) is -1.65. The zero-order chi connectivity index (χ0) is 26.2. The van der Waals surface area contributed by atoms with Crippen LogP contribution in [0.2, 0.25) is 5.02 Å². The highest BCUT2D eigenvalue weighted by atomic mass is 35.5. The van der Waals surface area contributed by atoms with Gasteiger partial charge in [0, 0.05) is 32.2 Å². The van der Waals surface area contributed by atoms with Gasteiger partial charge in [0.2, 0.25) is 11.8 Å². The quantitative estimate of drug-likeness (QED) is 0.459. The summed E-state index contributed by atoms with van der Waals surface area (Å²) in [6.07, 6.45) is 0.995. The standard InChI is InChI=1S/C24H32ClFN4O4S/c1-5-15-27-24(32)21(6-2)29(16-18-11-7-8-12-19(18)25)23(31)17-30(35(33,34)28(3)4)22-14-10-9-13-20(22)26/h7-14,21H,5-6,15-17H2,1-4H3,(H,27,32)/t21-/m1/s1. The molecule has 11 heteroatoms. The van der Waals surface area contributed by atoms with Gasteiger partial charge in [-0.3, -0.25) is 9.59 Å². The number of carbonyl (C=O) groups is 2. The van der Waals surface area contributed by atoms with Gasteiger partial charge in [-0.2, -0.15) is 12.7 Å². The molecule has 0 aromatic heterocycles. The number of amides is 2. The van der Waals surface area contributed by atoms with E-state index in [0.717, 1.165) is 10.4 Å². The van der Waals surface area contributed by atoms with Crippen molar-refractivity contribution in [3.8, 4) is 0 Å². The fraction of sp³-hybridized carbons (Fsp3) is 0.417. The van der Waals surface area contributed by atoms with Gasteiger partial charge in [0.1, 0.15) is 18.4 Å². The van der Waals surface area contributed by atoms with Gasteiger partial charge in [-0.15, -0.1) is 0 Å². The number of nitrogens with one attached hydrogen (secondary N) is 1. The number of nitrogens with zero attached hydrogens (tertiary/aromatic N) is 3. The predicted molar refractivity (Wildman–Crippen MR) is 136 cm³/mol. The Balaban J connectivity index is 2.52. The Kier molecular flexibility index (Phi) is 10.5. The van der Waals surface area contributed by atoms with E-state index in [4.69, 9.17) is 11.6 Å². The molecule has 2 aromatic rings. The maximum atomic E-state index is 14.6. The molecule has 0 aliphatic carbocycles. The zero-order valence-corrected chi connectivity index (χ0v) is 21.9. The minimum Gasteiger partial charge on any atom is -0.354 e. The molecule has 1 N–H and O–H groups in total. The summed E-state index contributed by atoms with van der Waals surface area (Å²) in [6.45, 7) is 3.37. The maximum absolute atomic E-state index is 14.6. The van der Waals surface area contributed by atoms with Crippen molar-refractivity contribution >= 4 is 39.3 Å². The Labute approximate surface area is 211 Å². The molecule has 0 spiro atoms. The second-order valence-electron chi connectivity index (χ2n) is 8.08. The Morgan fingerprint density at radius 1 is 1.06 bits per heavy atom. The van der Waals surface area contributed by atoms with Crippen LogP contribution in [0.15, 0.2) is 48.5 Å². The van der Waals surface area contributed by atoms with Gasteiger partial charge in [-0.1, -0.05) is 55.8 Å². The summed E-state index contributed by atoms with van der Waals surface area (Å²) in [5.41, 5.74) is 0.327. The van der Waals surface area contributed by atoms with E-state index in [-0.39, 0.29) is 24.6 Å². The van der Waals surface area contributed by atoms with Crippen LogP contribution in [0, 0.1) is 5.82 Å². The van der Waals surface area contributed by atoms with Gasteiger partial charge in [0.15, 0.2) is 0 Å². The van der Waals surface area contributed by atoms with Crippen molar-refractivity contribution in [2.75, 3.05) is 31.5 Å². The molecule has 2 aromatic carbocycles. The van der Waals surface area contributed by atoms with Crippen LogP contribution < -0.4 is 9.62 Å². The Morgan fingerprint density at radius 2 is 1.69 bits per heavy atom. The molecule has 0 fully saturated rings. The lowest BCUT2D eigenvalue weighted by molar-refractivity contribution is -0.140. The molecule has 0 bridgehead atoms. The van der Waals surface area contributed by atoms with E-state index in [1.54, 1.807) is 31.2 Å². The first-order valence-electron chi connectivity index (χ1n) is 11.3. The van der Waals surface area contributed by atoms with Crippen molar-refractivity contribution in [2.24, 2.45) is 0 Å². The van der Waals surface area contributed by atoms with Gasteiger partial charge in [-0.05, 0) is 36.6 Å². The zero-order valence-electron chi connectivity index (χ0n) is 20.4. The number of para-hydroxylation sites is 1. The second-order valence-corrected chi connectivity index (χ2v) is 10.6. The van der Waals surface area contributed by atoms with E-state index in [1.807, 2.05) is 6.92 Å². The molecule has 192 valence electrons. The molecule has 0 aliphatic rings. The van der Waals surface area contributed by atoms with Crippen LogP contribution in [0.5, 0.6) is 0 Å². The highest BCUT2D eigenvalue weighted by Crippen LogP contribution is 2.25. The van der Waals surface area contributed by atoms with Crippen molar-refractivity contribution in [1.29, 1.82) is 0 Å². The average Bonchev–Trinajstić information content (AvgIpc) is 2.82. The van der Waals surface area contributed by atoms with E-state index in [9.17, 15) is 22.4 Å². The van der Waals surface area contributed by atoms with Crippen LogP contribution in [0.1, 0.15) is 32.3 Å². The van der Waals surface area contributed by atoms with E-state index in [0.29, 0.717) is 27.9 Å². The van der Waals surface area contributed by atoms with Crippen LogP contribution in [0.3, 0.4) is 0 Å². The van der Waals surface area contributed by atoms with Crippen LogP contribution in [0.25, 0.3) is 0 Å². The first-order chi connectivity index (χ1) is 16.5. The fourth-order valence-electron chi connectivity index (χ4n) is 3.45. The number of anilines is 1. The van der Waals surface area contributed by atoms with Gasteiger partial charge in [-0.25, -0.2) is 8.70 Å². The molecule has 0 radical (unpaired) electrons. The minimum absolute atomic E-state index is 0.0241. The third-order valence-corrected chi connectivity index (χ3v) is 7.55. The number of halogens is 2. The molecular formula is C24H32ClFN4O4S. The van der Waals surface area contributed by atoms with Crippen molar-refractivity contribution in [2.45, 2.75) is 39.3 Å². The lowest BCUT2D eigenvalue weighted by Crippen LogP contribution is -2.53. The first kappa shape index (κ1) is 28.5. The molecule has 0 aliphatic heterocycles. The smallest absolute Gasteiger partial charge is 0.304 e. The topological polar surface area (TPSA) is 90.0 Å². The van der Waals surface area contributed by atoms with Crippen molar-refractivity contribution < 1.29 is 22.4 Å². The fourth-order valence-corrected chi connectivity index (χ4v) is 4.71. The summed E-state index contributed by atoms with van der Waals surface area (Å²) in [5.74, 6) is -1.82. The van der Waals surface area contributed by atoms with Crippen molar-refractivity contribution in [3.05, 3.63) is 64.9 Å². The number of hydrogen-bond donors (Lipinski definition) is 1. The van der Waals surface area contributed by atoms with E-state index in [2.05, 4.69) is 5.32 Å². The lowest BCUT2D eigenvalue weighted by Gasteiger charge is -2.34. The molecule has 0 saturated carbocycles. The summed E-state index contributed by atoms with van der Waals surface area (Å²) >= 11 is 6.32. The third-order valence-electron chi connectivity index (χ3n) is 5.37. The molecule has 2 rings (SSSR count). The number of rotatable bonds is 12. The van der Waals surface area contributed by atoms with E-state index in [1.165, 1.54) is 37.2 Å². The molecule has 0 unspecified atom stereocenters. The number of benzene rings is 2. The molecular weight excluding hydrogens is 495 g/mol. The van der Waals surface area contributed by atoms with E-state index < -0.39 is 34.5 Å². The molecule has 2 amide bonds.